The zero-order valence-electron chi connectivity index (χ0n) is 11.5. The summed E-state index contributed by atoms with van der Waals surface area (Å²) in [6.07, 6.45) is 0. The molecule has 1 aromatic heterocycles. The van der Waals surface area contributed by atoms with Crippen molar-refractivity contribution < 1.29 is 23.8 Å². The van der Waals surface area contributed by atoms with E-state index in [0.717, 1.165) is 0 Å². The quantitative estimate of drug-likeness (QED) is 0.908. The summed E-state index contributed by atoms with van der Waals surface area (Å²) in [5.41, 5.74) is 0.995. The third kappa shape index (κ3) is 3.15. The summed E-state index contributed by atoms with van der Waals surface area (Å²) in [7, 11) is 1.48. The number of ether oxygens (including phenoxy) is 2. The van der Waals surface area contributed by atoms with Gasteiger partial charge in [-0.2, -0.15) is 5.26 Å². The second-order valence-electron chi connectivity index (χ2n) is 4.30. The number of benzene rings is 1. The molecular weight excluding hydrogens is 274 g/mol. The molecule has 1 heterocycles. The van der Waals surface area contributed by atoms with Crippen molar-refractivity contribution in [2.45, 2.75) is 13.5 Å². The van der Waals surface area contributed by atoms with Crippen LogP contribution in [0.25, 0.3) is 0 Å². The third-order valence-corrected chi connectivity index (χ3v) is 2.83. The maximum Gasteiger partial charge on any atom is 0.372 e. The summed E-state index contributed by atoms with van der Waals surface area (Å²) >= 11 is 0. The van der Waals surface area contributed by atoms with Gasteiger partial charge in [0.1, 0.15) is 12.4 Å². The molecule has 1 N–H and O–H groups in total. The number of rotatable bonds is 5. The van der Waals surface area contributed by atoms with Crippen molar-refractivity contribution in [1.82, 2.24) is 0 Å². The number of aryl methyl sites for hydroxylation is 1. The second-order valence-corrected chi connectivity index (χ2v) is 4.30. The van der Waals surface area contributed by atoms with E-state index in [1.165, 1.54) is 7.11 Å². The minimum Gasteiger partial charge on any atom is -0.493 e. The van der Waals surface area contributed by atoms with E-state index in [1.54, 1.807) is 31.2 Å². The molecule has 0 amide bonds. The molecule has 0 saturated heterocycles. The van der Waals surface area contributed by atoms with Crippen molar-refractivity contribution in [3.05, 3.63) is 46.9 Å². The van der Waals surface area contributed by atoms with Crippen LogP contribution >= 0.6 is 0 Å². The lowest BCUT2D eigenvalue weighted by molar-refractivity contribution is 0.0657. The molecule has 6 nitrogen and oxygen atoms in total. The summed E-state index contributed by atoms with van der Waals surface area (Å²) in [4.78, 5) is 10.9. The van der Waals surface area contributed by atoms with Gasteiger partial charge < -0.3 is 19.0 Å². The van der Waals surface area contributed by atoms with Crippen LogP contribution in [0.3, 0.4) is 0 Å². The first-order valence-corrected chi connectivity index (χ1v) is 6.08. The predicted octanol–water partition coefficient (Wildman–Crippen LogP) is 2.75. The highest BCUT2D eigenvalue weighted by Gasteiger charge is 2.15. The maximum atomic E-state index is 10.9. The lowest BCUT2D eigenvalue weighted by Gasteiger charge is -2.09. The van der Waals surface area contributed by atoms with E-state index in [0.29, 0.717) is 28.4 Å². The van der Waals surface area contributed by atoms with E-state index in [-0.39, 0.29) is 12.4 Å². The third-order valence-electron chi connectivity index (χ3n) is 2.83. The molecule has 0 spiro atoms. The van der Waals surface area contributed by atoms with E-state index in [9.17, 15) is 4.79 Å². The van der Waals surface area contributed by atoms with Crippen LogP contribution in [0, 0.1) is 18.3 Å². The first kappa shape index (κ1) is 14.5. The molecule has 108 valence electrons. The lowest BCUT2D eigenvalue weighted by atomic mass is 10.2. The molecule has 0 bridgehead atoms. The Kier molecular flexibility index (Phi) is 4.14. The van der Waals surface area contributed by atoms with Crippen molar-refractivity contribution in [2.24, 2.45) is 0 Å². The van der Waals surface area contributed by atoms with Crippen molar-refractivity contribution in [1.29, 1.82) is 5.26 Å². The SMILES string of the molecule is COc1cc(C#N)ccc1OCc1cc(C)c(C(=O)O)o1. The second kappa shape index (κ2) is 6.01. The normalized spacial score (nSPS) is 9.95. The summed E-state index contributed by atoms with van der Waals surface area (Å²) < 4.78 is 15.9. The molecule has 0 fully saturated rings. The summed E-state index contributed by atoms with van der Waals surface area (Å²) in [6.45, 7) is 1.72. The Morgan fingerprint density at radius 2 is 2.14 bits per heavy atom. The number of carboxylic acids is 1. The molecule has 0 aliphatic heterocycles. The number of carbonyl (C=O) groups is 1. The van der Waals surface area contributed by atoms with Crippen LogP contribution in [0.5, 0.6) is 11.5 Å². The summed E-state index contributed by atoms with van der Waals surface area (Å²) in [6, 6.07) is 8.40. The standard InChI is InChI=1S/C15H13NO5/c1-9-5-11(21-14(9)15(17)18)8-20-12-4-3-10(7-16)6-13(12)19-2/h3-6H,8H2,1-2H3,(H,17,18). The molecular formula is C15H13NO5. The Bertz CT molecular complexity index is 711. The molecule has 0 unspecified atom stereocenters. The number of hydrogen-bond acceptors (Lipinski definition) is 5. The molecule has 6 heteroatoms. The average Bonchev–Trinajstić information content (AvgIpc) is 2.86. The zero-order valence-corrected chi connectivity index (χ0v) is 11.5. The molecule has 0 aliphatic carbocycles. The number of nitriles is 1. The number of carboxylic acid groups (broad SMARTS) is 1. The Morgan fingerprint density at radius 1 is 1.38 bits per heavy atom. The predicted molar refractivity (Wildman–Crippen MR) is 72.4 cm³/mol. The fourth-order valence-electron chi connectivity index (χ4n) is 1.84. The largest absolute Gasteiger partial charge is 0.493 e. The smallest absolute Gasteiger partial charge is 0.372 e. The monoisotopic (exact) mass is 287 g/mol. The maximum absolute atomic E-state index is 10.9. The van der Waals surface area contributed by atoms with Gasteiger partial charge in [0.05, 0.1) is 18.7 Å². The van der Waals surface area contributed by atoms with Crippen LogP contribution in [0.2, 0.25) is 0 Å². The highest BCUT2D eigenvalue weighted by molar-refractivity contribution is 5.86. The van der Waals surface area contributed by atoms with E-state index in [1.807, 2.05) is 6.07 Å². The van der Waals surface area contributed by atoms with E-state index < -0.39 is 5.97 Å². The summed E-state index contributed by atoms with van der Waals surface area (Å²) in [5.74, 6) is 0.0598. The molecule has 0 atom stereocenters. The molecule has 0 aliphatic rings. The van der Waals surface area contributed by atoms with E-state index in [2.05, 4.69) is 0 Å². The van der Waals surface area contributed by atoms with Crippen LogP contribution in [-0.2, 0) is 6.61 Å². The van der Waals surface area contributed by atoms with E-state index >= 15 is 0 Å². The minimum absolute atomic E-state index is 0.0659. The van der Waals surface area contributed by atoms with Crippen molar-refractivity contribution in [2.75, 3.05) is 7.11 Å². The number of methoxy groups -OCH3 is 1. The van der Waals surface area contributed by atoms with Gasteiger partial charge in [0, 0.05) is 11.6 Å². The molecule has 1 aromatic carbocycles. The van der Waals surface area contributed by atoms with Gasteiger partial charge in [0.15, 0.2) is 11.5 Å². The average molecular weight is 287 g/mol. The van der Waals surface area contributed by atoms with E-state index in [4.69, 9.17) is 24.3 Å². The number of nitrogens with zero attached hydrogens (tertiary/aromatic N) is 1. The molecule has 2 aromatic rings. The minimum atomic E-state index is -1.12. The Balaban J connectivity index is 2.15. The molecule has 21 heavy (non-hydrogen) atoms. The number of furan rings is 1. The number of aromatic carboxylic acids is 1. The van der Waals surface area contributed by atoms with Crippen molar-refractivity contribution >= 4 is 5.97 Å². The van der Waals surface area contributed by atoms with Crippen molar-refractivity contribution in [3.8, 4) is 17.6 Å². The van der Waals surface area contributed by atoms with Gasteiger partial charge in [-0.05, 0) is 25.1 Å². The molecule has 2 rings (SSSR count). The van der Waals surface area contributed by atoms with Gasteiger partial charge in [-0.15, -0.1) is 0 Å². The Labute approximate surface area is 121 Å². The van der Waals surface area contributed by atoms with Gasteiger partial charge in [-0.3, -0.25) is 0 Å². The fraction of sp³-hybridized carbons (Fsp3) is 0.200. The highest BCUT2D eigenvalue weighted by atomic mass is 16.5. The van der Waals surface area contributed by atoms with Gasteiger partial charge in [0.2, 0.25) is 5.76 Å². The first-order chi connectivity index (χ1) is 10.0. The summed E-state index contributed by atoms with van der Waals surface area (Å²) in [5, 5.41) is 17.7. The first-order valence-electron chi connectivity index (χ1n) is 6.08. The Morgan fingerprint density at radius 3 is 2.71 bits per heavy atom. The van der Waals surface area contributed by atoms with Gasteiger partial charge in [-0.1, -0.05) is 0 Å². The van der Waals surface area contributed by atoms with Crippen LogP contribution in [0.15, 0.2) is 28.7 Å². The van der Waals surface area contributed by atoms with Gasteiger partial charge in [-0.25, -0.2) is 4.79 Å². The van der Waals surface area contributed by atoms with Crippen LogP contribution in [0.1, 0.15) is 27.4 Å². The van der Waals surface area contributed by atoms with Crippen LogP contribution < -0.4 is 9.47 Å². The van der Waals surface area contributed by atoms with Gasteiger partial charge in [0.25, 0.3) is 0 Å². The molecule has 0 saturated carbocycles. The fourth-order valence-corrected chi connectivity index (χ4v) is 1.84. The Hall–Kier alpha value is -2.94. The zero-order chi connectivity index (χ0) is 15.4. The molecule has 0 radical (unpaired) electrons. The van der Waals surface area contributed by atoms with Gasteiger partial charge >= 0.3 is 5.97 Å². The topological polar surface area (TPSA) is 92.7 Å². The van der Waals surface area contributed by atoms with Crippen LogP contribution in [0.4, 0.5) is 0 Å². The van der Waals surface area contributed by atoms with Crippen molar-refractivity contribution in [3.63, 3.8) is 0 Å². The lowest BCUT2D eigenvalue weighted by Crippen LogP contribution is -1.97. The number of hydrogen-bond donors (Lipinski definition) is 1. The highest BCUT2D eigenvalue weighted by Crippen LogP contribution is 2.29. The van der Waals surface area contributed by atoms with Crippen LogP contribution in [-0.4, -0.2) is 18.2 Å².